The number of ketones is 1. The van der Waals surface area contributed by atoms with Crippen LogP contribution in [0.2, 0.25) is 0 Å². The van der Waals surface area contributed by atoms with Crippen LogP contribution in [0.25, 0.3) is 0 Å². The van der Waals surface area contributed by atoms with Crippen molar-refractivity contribution in [1.29, 1.82) is 0 Å². The summed E-state index contributed by atoms with van der Waals surface area (Å²) in [5, 5.41) is 25.7. The number of aliphatic hydroxyl groups is 2. The zero-order valence-corrected chi connectivity index (χ0v) is 28.9. The van der Waals surface area contributed by atoms with Crippen LogP contribution in [0.3, 0.4) is 0 Å². The summed E-state index contributed by atoms with van der Waals surface area (Å²) in [6.45, 7) is 16.4. The predicted molar refractivity (Wildman–Crippen MR) is 172 cm³/mol. The molecule has 10 atom stereocenters. The van der Waals surface area contributed by atoms with Crippen molar-refractivity contribution in [2.45, 2.75) is 111 Å². The highest BCUT2D eigenvalue weighted by molar-refractivity contribution is 5.92. The topological polar surface area (TPSA) is 141 Å². The van der Waals surface area contributed by atoms with Gasteiger partial charge in [-0.15, -0.1) is 5.48 Å². The van der Waals surface area contributed by atoms with E-state index in [1.165, 1.54) is 0 Å². The molecule has 10 heteroatoms. The summed E-state index contributed by atoms with van der Waals surface area (Å²) in [5.74, 6) is -3.88. The van der Waals surface area contributed by atoms with Crippen LogP contribution in [0.15, 0.2) is 41.5 Å². The molecule has 1 aliphatic heterocycles. The van der Waals surface area contributed by atoms with Crippen molar-refractivity contribution in [1.82, 2.24) is 5.48 Å². The van der Waals surface area contributed by atoms with E-state index in [0.717, 1.165) is 0 Å². The molecule has 47 heavy (non-hydrogen) atoms. The molecular formula is C37H49NO9. The highest BCUT2D eigenvalue weighted by Crippen LogP contribution is 2.68. The van der Waals surface area contributed by atoms with Crippen molar-refractivity contribution in [2.24, 2.45) is 34.0 Å². The van der Waals surface area contributed by atoms with Gasteiger partial charge in [-0.25, -0.2) is 4.79 Å². The second kappa shape index (κ2) is 11.7. The first-order chi connectivity index (χ1) is 21.8. The summed E-state index contributed by atoms with van der Waals surface area (Å²) in [4.78, 5) is 47.4. The molecule has 1 heterocycles. The van der Waals surface area contributed by atoms with E-state index in [1.54, 1.807) is 44.2 Å². The van der Waals surface area contributed by atoms with Crippen LogP contribution in [0, 0.1) is 46.5 Å². The Morgan fingerprint density at radius 3 is 2.28 bits per heavy atom. The summed E-state index contributed by atoms with van der Waals surface area (Å²) in [6.07, 6.45) is 4.48. The fourth-order valence-corrected chi connectivity index (χ4v) is 9.08. The van der Waals surface area contributed by atoms with E-state index in [1.807, 2.05) is 54.6 Å². The lowest BCUT2D eigenvalue weighted by Gasteiger charge is -2.70. The Hall–Kier alpha value is -3.23. The zero-order chi connectivity index (χ0) is 34.9. The molecule has 5 rings (SSSR count). The lowest BCUT2D eigenvalue weighted by atomic mass is 9.39. The Kier molecular flexibility index (Phi) is 8.75. The standard InChI is InChI=1S/C37H49NO9/c1-11-45-38-23(5)20(2)31(40)46-25-17-37(43)30(47-32(41)24-15-13-12-14-16-24)28-35(10,33(6,7)18-26-36(28,42)19-44-26)29(39)22(4)27(21(25)3)34(37,8)9/h1,12-16,20,22-23,25-26,28,30,38,42-43H,17-19H2,2-10H3/t20-,22-,23?,25?,26?,28?,30?,35-,36?,37?/m1/s1. The molecule has 256 valence electrons. The molecule has 2 saturated carbocycles. The van der Waals surface area contributed by atoms with E-state index in [2.05, 4.69) is 5.48 Å². The minimum absolute atomic E-state index is 0.0756. The SMILES string of the molecule is C#CONC(C)[C@@H](C)C(=O)OC1CC2(O)C(OC(=O)c3ccccc3)C3C4(O)COC4CC(C)(C)[C@@]3(C)C(=O)[C@H](C)C(=C1C)C2(C)C. The Morgan fingerprint density at radius 2 is 1.70 bits per heavy atom. The number of esters is 2. The number of hydrogen-bond acceptors (Lipinski definition) is 10. The minimum Gasteiger partial charge on any atom is -0.457 e. The third kappa shape index (κ3) is 5.04. The van der Waals surface area contributed by atoms with Crippen molar-refractivity contribution >= 4 is 17.7 Å². The average Bonchev–Trinajstić information content (AvgIpc) is 3.02. The van der Waals surface area contributed by atoms with Gasteiger partial charge in [-0.05, 0) is 49.0 Å². The van der Waals surface area contributed by atoms with E-state index >= 15 is 4.79 Å². The van der Waals surface area contributed by atoms with Gasteiger partial charge in [0.2, 0.25) is 0 Å². The molecule has 0 amide bonds. The van der Waals surface area contributed by atoms with E-state index in [9.17, 15) is 19.8 Å². The summed E-state index contributed by atoms with van der Waals surface area (Å²) >= 11 is 0. The van der Waals surface area contributed by atoms with Gasteiger partial charge in [-0.2, -0.15) is 0 Å². The molecule has 7 unspecified atom stereocenters. The van der Waals surface area contributed by atoms with Crippen LogP contribution in [-0.2, 0) is 28.6 Å². The molecule has 3 fully saturated rings. The fourth-order valence-electron chi connectivity index (χ4n) is 9.08. The molecule has 0 radical (unpaired) electrons. The first-order valence-electron chi connectivity index (χ1n) is 16.4. The summed E-state index contributed by atoms with van der Waals surface area (Å²) < 4.78 is 18.5. The van der Waals surface area contributed by atoms with Gasteiger partial charge in [0.1, 0.15) is 35.3 Å². The lowest BCUT2D eigenvalue weighted by Crippen LogP contribution is -2.81. The number of ether oxygens (including phenoxy) is 3. The number of hydrogen-bond donors (Lipinski definition) is 3. The van der Waals surface area contributed by atoms with Gasteiger partial charge in [-0.3, -0.25) is 9.59 Å². The van der Waals surface area contributed by atoms with Gasteiger partial charge in [0.25, 0.3) is 0 Å². The molecule has 4 aliphatic rings. The number of carbonyl (C=O) groups excluding carboxylic acids is 3. The molecule has 3 N–H and O–H groups in total. The second-order valence-corrected chi connectivity index (χ2v) is 15.5. The molecule has 3 aliphatic carbocycles. The monoisotopic (exact) mass is 651 g/mol. The van der Waals surface area contributed by atoms with Crippen molar-refractivity contribution in [3.63, 3.8) is 0 Å². The first-order valence-corrected chi connectivity index (χ1v) is 16.4. The number of nitrogens with one attached hydrogen (secondary N) is 1. The van der Waals surface area contributed by atoms with Gasteiger partial charge in [0.05, 0.1) is 30.2 Å². The Morgan fingerprint density at radius 1 is 1.06 bits per heavy atom. The van der Waals surface area contributed by atoms with Gasteiger partial charge in [0.15, 0.2) is 0 Å². The van der Waals surface area contributed by atoms with Crippen LogP contribution in [-0.4, -0.2) is 70.1 Å². The molecule has 1 saturated heterocycles. The molecular weight excluding hydrogens is 602 g/mol. The molecule has 0 spiro atoms. The number of rotatable bonds is 7. The van der Waals surface area contributed by atoms with Crippen molar-refractivity contribution in [3.05, 3.63) is 47.0 Å². The smallest absolute Gasteiger partial charge is 0.338 e. The fraction of sp³-hybridized carbons (Fsp3) is 0.649. The third-order valence-corrected chi connectivity index (χ3v) is 12.5. The highest BCUT2D eigenvalue weighted by Gasteiger charge is 2.77. The molecule has 0 aromatic heterocycles. The number of fused-ring (bicyclic) bond motifs is 5. The highest BCUT2D eigenvalue weighted by atomic mass is 16.6. The molecule has 2 bridgehead atoms. The largest absolute Gasteiger partial charge is 0.457 e. The van der Waals surface area contributed by atoms with Crippen LogP contribution in [0.1, 0.15) is 85.5 Å². The predicted octanol–water partition coefficient (Wildman–Crippen LogP) is 4.14. The molecule has 1 aromatic rings. The van der Waals surface area contributed by atoms with Crippen LogP contribution < -0.4 is 5.48 Å². The van der Waals surface area contributed by atoms with Gasteiger partial charge < -0.3 is 29.3 Å². The van der Waals surface area contributed by atoms with Crippen molar-refractivity contribution in [2.75, 3.05) is 6.61 Å². The average molecular weight is 652 g/mol. The number of Topliss-reactive ketones (excluding diaryl/α,β-unsaturated/α-hetero) is 1. The Labute approximate surface area is 277 Å². The number of carbonyl (C=O) groups is 3. The van der Waals surface area contributed by atoms with E-state index < -0.39 is 81.5 Å². The van der Waals surface area contributed by atoms with Gasteiger partial charge >= 0.3 is 11.9 Å². The summed E-state index contributed by atoms with van der Waals surface area (Å²) in [7, 11) is 0. The maximum atomic E-state index is 15.1. The van der Waals surface area contributed by atoms with E-state index in [4.69, 9.17) is 25.5 Å². The Balaban J connectivity index is 1.71. The maximum absolute atomic E-state index is 15.1. The Bertz CT molecular complexity index is 1510. The lowest BCUT2D eigenvalue weighted by molar-refractivity contribution is -0.348. The normalized spacial score (nSPS) is 38.2. The molecule has 10 nitrogen and oxygen atoms in total. The van der Waals surface area contributed by atoms with E-state index in [0.29, 0.717) is 17.6 Å². The minimum atomic E-state index is -1.90. The first kappa shape index (κ1) is 35.1. The number of benzene rings is 1. The molecule has 1 aromatic carbocycles. The van der Waals surface area contributed by atoms with Crippen LogP contribution in [0.4, 0.5) is 0 Å². The third-order valence-electron chi connectivity index (χ3n) is 12.5. The van der Waals surface area contributed by atoms with E-state index in [-0.39, 0.29) is 24.4 Å². The van der Waals surface area contributed by atoms with Crippen molar-refractivity contribution in [3.8, 4) is 12.5 Å². The zero-order valence-electron chi connectivity index (χ0n) is 28.9. The second-order valence-electron chi connectivity index (χ2n) is 15.5. The summed E-state index contributed by atoms with van der Waals surface area (Å²) in [6, 6.07) is 7.92. The van der Waals surface area contributed by atoms with Crippen LogP contribution in [0.5, 0.6) is 0 Å². The number of hydroxylamine groups is 1. The van der Waals surface area contributed by atoms with Crippen molar-refractivity contribution < 1.29 is 43.6 Å². The van der Waals surface area contributed by atoms with Gasteiger partial charge in [0, 0.05) is 29.1 Å². The van der Waals surface area contributed by atoms with Crippen LogP contribution >= 0.6 is 0 Å². The van der Waals surface area contributed by atoms with Gasteiger partial charge in [-0.1, -0.05) is 73.1 Å². The maximum Gasteiger partial charge on any atom is 0.338 e. The summed E-state index contributed by atoms with van der Waals surface area (Å²) in [5.41, 5.74) is -2.44. The quantitative estimate of drug-likeness (QED) is 0.171. The number of terminal acetylenes is 1.